The predicted octanol–water partition coefficient (Wildman–Crippen LogP) is 1.29. The van der Waals surface area contributed by atoms with Gasteiger partial charge < -0.3 is 0 Å². The van der Waals surface area contributed by atoms with Crippen molar-refractivity contribution in [2.45, 2.75) is 51.4 Å². The van der Waals surface area contributed by atoms with Gasteiger partial charge in [-0.15, -0.1) is 0 Å². The fourth-order valence-corrected chi connectivity index (χ4v) is 3.97. The molecular formula is C14H26N4O2S. The van der Waals surface area contributed by atoms with Crippen molar-refractivity contribution in [1.82, 2.24) is 19.4 Å². The second-order valence-corrected chi connectivity index (χ2v) is 8.23. The van der Waals surface area contributed by atoms with E-state index in [-0.39, 0.29) is 5.25 Å². The summed E-state index contributed by atoms with van der Waals surface area (Å²) in [6, 6.07) is 0.344. The van der Waals surface area contributed by atoms with E-state index in [2.05, 4.69) is 34.8 Å². The maximum absolute atomic E-state index is 12.0. The lowest BCUT2D eigenvalue weighted by Crippen LogP contribution is -2.45. The smallest absolute Gasteiger partial charge is 0.215 e. The number of nitrogens with zero attached hydrogens (tertiary/aromatic N) is 3. The molecule has 1 unspecified atom stereocenters. The Morgan fingerprint density at radius 1 is 1.48 bits per heavy atom. The van der Waals surface area contributed by atoms with Crippen LogP contribution < -0.4 is 4.72 Å². The van der Waals surface area contributed by atoms with Crippen LogP contribution in [0.15, 0.2) is 6.20 Å². The minimum absolute atomic E-state index is 0.309. The molecular weight excluding hydrogens is 288 g/mol. The Morgan fingerprint density at radius 3 is 2.76 bits per heavy atom. The minimum atomic E-state index is -3.18. The number of sulfonamides is 1. The van der Waals surface area contributed by atoms with Crippen LogP contribution in [0.1, 0.15) is 44.0 Å². The van der Waals surface area contributed by atoms with Crippen LogP contribution in [-0.2, 0) is 16.6 Å². The summed E-state index contributed by atoms with van der Waals surface area (Å²) >= 11 is 0. The SMILES string of the molecule is CNS(=O)(=O)C1CCCN(Cc2cn(C(C)C)nc2C)C1. The van der Waals surface area contributed by atoms with E-state index >= 15 is 0 Å². The summed E-state index contributed by atoms with van der Waals surface area (Å²) in [5, 5.41) is 4.21. The number of aromatic nitrogens is 2. The highest BCUT2D eigenvalue weighted by atomic mass is 32.2. The Balaban J connectivity index is 2.06. The van der Waals surface area contributed by atoms with Crippen molar-refractivity contribution >= 4 is 10.0 Å². The summed E-state index contributed by atoms with van der Waals surface area (Å²) in [5.74, 6) is 0. The fourth-order valence-electron chi connectivity index (χ4n) is 2.76. The topological polar surface area (TPSA) is 67.2 Å². The molecule has 0 amide bonds. The average molecular weight is 314 g/mol. The van der Waals surface area contributed by atoms with Crippen LogP contribution in [0.5, 0.6) is 0 Å². The van der Waals surface area contributed by atoms with Crippen LogP contribution in [0.25, 0.3) is 0 Å². The predicted molar refractivity (Wildman–Crippen MR) is 83.6 cm³/mol. The van der Waals surface area contributed by atoms with E-state index in [0.29, 0.717) is 12.6 Å². The molecule has 0 aromatic carbocycles. The number of hydrogen-bond donors (Lipinski definition) is 1. The van der Waals surface area contributed by atoms with E-state index in [1.807, 2.05) is 11.6 Å². The van der Waals surface area contributed by atoms with Crippen LogP contribution in [-0.4, -0.2) is 48.5 Å². The molecule has 0 radical (unpaired) electrons. The summed E-state index contributed by atoms with van der Waals surface area (Å²) in [6.07, 6.45) is 3.74. The second-order valence-electron chi connectivity index (χ2n) is 6.06. The molecule has 0 bridgehead atoms. The quantitative estimate of drug-likeness (QED) is 0.889. The fraction of sp³-hybridized carbons (Fsp3) is 0.786. The molecule has 7 heteroatoms. The highest BCUT2D eigenvalue weighted by Gasteiger charge is 2.29. The first-order valence-electron chi connectivity index (χ1n) is 7.53. The maximum Gasteiger partial charge on any atom is 0.215 e. The maximum atomic E-state index is 12.0. The molecule has 120 valence electrons. The number of rotatable bonds is 5. The van der Waals surface area contributed by atoms with Crippen LogP contribution in [0, 0.1) is 6.92 Å². The molecule has 1 fully saturated rings. The van der Waals surface area contributed by atoms with Gasteiger partial charge in [0.15, 0.2) is 0 Å². The molecule has 6 nitrogen and oxygen atoms in total. The molecule has 1 N–H and O–H groups in total. The van der Waals surface area contributed by atoms with Crippen molar-refractivity contribution in [2.24, 2.45) is 0 Å². The largest absolute Gasteiger partial charge is 0.298 e. The van der Waals surface area contributed by atoms with Gasteiger partial charge in [0.1, 0.15) is 0 Å². The van der Waals surface area contributed by atoms with Crippen LogP contribution in [0.2, 0.25) is 0 Å². The molecule has 1 aliphatic heterocycles. The van der Waals surface area contributed by atoms with Gasteiger partial charge in [-0.1, -0.05) is 0 Å². The summed E-state index contributed by atoms with van der Waals surface area (Å²) in [6.45, 7) is 8.53. The molecule has 21 heavy (non-hydrogen) atoms. The first-order chi connectivity index (χ1) is 9.83. The van der Waals surface area contributed by atoms with Gasteiger partial charge in [-0.3, -0.25) is 9.58 Å². The summed E-state index contributed by atoms with van der Waals surface area (Å²) in [4.78, 5) is 2.22. The van der Waals surface area contributed by atoms with Gasteiger partial charge in [0.25, 0.3) is 0 Å². The molecule has 2 heterocycles. The van der Waals surface area contributed by atoms with E-state index in [4.69, 9.17) is 0 Å². The highest BCUT2D eigenvalue weighted by Crippen LogP contribution is 2.20. The number of likely N-dealkylation sites (tertiary alicyclic amines) is 1. The lowest BCUT2D eigenvalue weighted by Gasteiger charge is -2.31. The van der Waals surface area contributed by atoms with Crippen LogP contribution in [0.4, 0.5) is 0 Å². The van der Waals surface area contributed by atoms with Gasteiger partial charge in [0.2, 0.25) is 10.0 Å². The Morgan fingerprint density at radius 2 is 2.19 bits per heavy atom. The van der Waals surface area contributed by atoms with Crippen molar-refractivity contribution in [3.8, 4) is 0 Å². The van der Waals surface area contributed by atoms with Crippen LogP contribution >= 0.6 is 0 Å². The standard InChI is InChI=1S/C14H26N4O2S/c1-11(2)18-9-13(12(3)16-18)8-17-7-5-6-14(10-17)21(19,20)15-4/h9,11,14-15H,5-8,10H2,1-4H3. The van der Waals surface area contributed by atoms with E-state index < -0.39 is 10.0 Å². The van der Waals surface area contributed by atoms with Crippen LogP contribution in [0.3, 0.4) is 0 Å². The van der Waals surface area contributed by atoms with Crippen molar-refractivity contribution in [2.75, 3.05) is 20.1 Å². The zero-order valence-electron chi connectivity index (χ0n) is 13.3. The van der Waals surface area contributed by atoms with Crippen molar-refractivity contribution in [3.05, 3.63) is 17.5 Å². The van der Waals surface area contributed by atoms with Gasteiger partial charge in [-0.2, -0.15) is 5.10 Å². The Labute approximate surface area is 127 Å². The third-order valence-electron chi connectivity index (χ3n) is 4.13. The van der Waals surface area contributed by atoms with E-state index in [1.54, 1.807) is 0 Å². The molecule has 0 spiro atoms. The van der Waals surface area contributed by atoms with Crippen molar-refractivity contribution in [3.63, 3.8) is 0 Å². The number of nitrogens with one attached hydrogen (secondary N) is 1. The van der Waals surface area contributed by atoms with Gasteiger partial charge in [-0.25, -0.2) is 13.1 Å². The van der Waals surface area contributed by atoms with Gasteiger partial charge in [0.05, 0.1) is 10.9 Å². The van der Waals surface area contributed by atoms with E-state index in [9.17, 15) is 8.42 Å². The number of hydrogen-bond acceptors (Lipinski definition) is 4. The summed E-state index contributed by atoms with van der Waals surface area (Å²) in [7, 11) is -1.69. The molecule has 1 aliphatic rings. The van der Waals surface area contributed by atoms with E-state index in [1.165, 1.54) is 12.6 Å². The van der Waals surface area contributed by atoms with Gasteiger partial charge in [-0.05, 0) is 47.2 Å². The third kappa shape index (κ3) is 3.84. The lowest BCUT2D eigenvalue weighted by molar-refractivity contribution is 0.221. The molecule has 1 saturated heterocycles. The normalized spacial score (nSPS) is 21.1. The third-order valence-corrected chi connectivity index (χ3v) is 5.96. The molecule has 1 aromatic rings. The monoisotopic (exact) mass is 314 g/mol. The molecule has 1 atom stereocenters. The second kappa shape index (κ2) is 6.46. The Bertz CT molecular complexity index is 580. The lowest BCUT2D eigenvalue weighted by atomic mass is 10.1. The van der Waals surface area contributed by atoms with Gasteiger partial charge in [0, 0.05) is 30.9 Å². The minimum Gasteiger partial charge on any atom is -0.298 e. The molecule has 1 aromatic heterocycles. The Kier molecular flexibility index (Phi) is 5.06. The average Bonchev–Trinajstić information content (AvgIpc) is 2.81. The molecule has 0 saturated carbocycles. The first-order valence-corrected chi connectivity index (χ1v) is 9.07. The molecule has 0 aliphatic carbocycles. The first kappa shape index (κ1) is 16.5. The van der Waals surface area contributed by atoms with Gasteiger partial charge >= 0.3 is 0 Å². The number of piperidine rings is 1. The molecule has 2 rings (SSSR count). The summed E-state index contributed by atoms with van der Waals surface area (Å²) in [5.41, 5.74) is 2.22. The summed E-state index contributed by atoms with van der Waals surface area (Å²) < 4.78 is 28.3. The van der Waals surface area contributed by atoms with Crippen molar-refractivity contribution < 1.29 is 8.42 Å². The zero-order chi connectivity index (χ0) is 15.6. The van der Waals surface area contributed by atoms with E-state index in [0.717, 1.165) is 31.6 Å². The zero-order valence-corrected chi connectivity index (χ0v) is 14.2. The van der Waals surface area contributed by atoms with Crippen molar-refractivity contribution in [1.29, 1.82) is 0 Å². The Hall–Kier alpha value is -0.920. The number of aryl methyl sites for hydroxylation is 1. The highest BCUT2D eigenvalue weighted by molar-refractivity contribution is 7.90.